The molecule has 1 N–H and O–H groups in total. The Hall–Kier alpha value is -2.41. The number of piperazine rings is 1. The Kier molecular flexibility index (Phi) is 4.88. The summed E-state index contributed by atoms with van der Waals surface area (Å²) in [4.78, 5) is 15.3. The summed E-state index contributed by atoms with van der Waals surface area (Å²) < 4.78 is 21.0. The number of anilines is 1. The Morgan fingerprint density at radius 1 is 1.15 bits per heavy atom. The fourth-order valence-electron chi connectivity index (χ4n) is 3.59. The number of aromatic nitrogens is 2. The Morgan fingerprint density at radius 3 is 2.62 bits per heavy atom. The first kappa shape index (κ1) is 17.0. The van der Waals surface area contributed by atoms with E-state index in [0.29, 0.717) is 30.6 Å². The highest BCUT2D eigenvalue weighted by molar-refractivity contribution is 5.57. The Labute approximate surface area is 151 Å². The van der Waals surface area contributed by atoms with Gasteiger partial charge >= 0.3 is 5.56 Å². The third-order valence-electron chi connectivity index (χ3n) is 4.98. The number of benzene rings is 1. The molecule has 6 nitrogen and oxygen atoms in total. The van der Waals surface area contributed by atoms with Crippen molar-refractivity contribution in [1.82, 2.24) is 15.1 Å². The summed E-state index contributed by atoms with van der Waals surface area (Å²) in [7, 11) is 0. The topological polar surface area (TPSA) is 59.4 Å². The van der Waals surface area contributed by atoms with Gasteiger partial charge in [0.2, 0.25) is 5.75 Å². The van der Waals surface area contributed by atoms with Crippen molar-refractivity contribution in [3.05, 3.63) is 46.9 Å². The molecule has 0 amide bonds. The molecule has 7 heteroatoms. The van der Waals surface area contributed by atoms with E-state index >= 15 is 0 Å². The number of rotatable bonds is 4. The van der Waals surface area contributed by atoms with Crippen molar-refractivity contribution in [2.75, 3.05) is 31.1 Å². The van der Waals surface area contributed by atoms with Gasteiger partial charge in [0, 0.05) is 32.6 Å². The van der Waals surface area contributed by atoms with Crippen LogP contribution in [0.15, 0.2) is 41.3 Å². The van der Waals surface area contributed by atoms with E-state index in [4.69, 9.17) is 4.74 Å². The van der Waals surface area contributed by atoms with Gasteiger partial charge in [-0.05, 0) is 25.0 Å². The SMILES string of the molecule is O=c1c(OC2CCC(F)C2)c(N2CCNCC2)cnn1-c1ccccc1. The number of alkyl halides is 1. The van der Waals surface area contributed by atoms with E-state index in [1.54, 1.807) is 6.20 Å². The summed E-state index contributed by atoms with van der Waals surface area (Å²) in [5.74, 6) is 0.282. The van der Waals surface area contributed by atoms with Gasteiger partial charge in [-0.15, -0.1) is 0 Å². The zero-order valence-electron chi connectivity index (χ0n) is 14.6. The summed E-state index contributed by atoms with van der Waals surface area (Å²) >= 11 is 0. The van der Waals surface area contributed by atoms with Gasteiger partial charge in [-0.3, -0.25) is 4.79 Å². The van der Waals surface area contributed by atoms with Gasteiger partial charge in [0.05, 0.1) is 11.9 Å². The highest BCUT2D eigenvalue weighted by Gasteiger charge is 2.29. The first-order valence-electron chi connectivity index (χ1n) is 9.16. The molecule has 2 aromatic rings. The van der Waals surface area contributed by atoms with Crippen molar-refractivity contribution in [2.24, 2.45) is 0 Å². The third kappa shape index (κ3) is 3.44. The highest BCUT2D eigenvalue weighted by Crippen LogP contribution is 2.30. The maximum absolute atomic E-state index is 13.6. The minimum atomic E-state index is -0.846. The molecule has 1 saturated heterocycles. The number of ether oxygens (including phenoxy) is 1. The van der Waals surface area contributed by atoms with Gasteiger partial charge in [-0.25, -0.2) is 4.39 Å². The summed E-state index contributed by atoms with van der Waals surface area (Å²) in [6, 6.07) is 9.27. The molecule has 1 aliphatic carbocycles. The smallest absolute Gasteiger partial charge is 0.316 e. The fourth-order valence-corrected chi connectivity index (χ4v) is 3.59. The Balaban J connectivity index is 1.73. The van der Waals surface area contributed by atoms with Crippen molar-refractivity contribution < 1.29 is 9.13 Å². The van der Waals surface area contributed by atoms with Crippen molar-refractivity contribution in [3.8, 4) is 11.4 Å². The van der Waals surface area contributed by atoms with Crippen LogP contribution < -0.4 is 20.5 Å². The zero-order chi connectivity index (χ0) is 17.9. The first-order chi connectivity index (χ1) is 12.7. The van der Waals surface area contributed by atoms with Crippen LogP contribution in [-0.2, 0) is 0 Å². The van der Waals surface area contributed by atoms with E-state index in [9.17, 15) is 9.18 Å². The van der Waals surface area contributed by atoms with Crippen LogP contribution in [0.5, 0.6) is 5.75 Å². The molecule has 0 bridgehead atoms. The van der Waals surface area contributed by atoms with E-state index in [0.717, 1.165) is 26.2 Å². The van der Waals surface area contributed by atoms with Crippen LogP contribution in [0.4, 0.5) is 10.1 Å². The molecule has 2 aliphatic rings. The van der Waals surface area contributed by atoms with Gasteiger partial charge in [0.1, 0.15) is 18.0 Å². The molecule has 26 heavy (non-hydrogen) atoms. The lowest BCUT2D eigenvalue weighted by Gasteiger charge is -2.31. The van der Waals surface area contributed by atoms with Crippen molar-refractivity contribution in [2.45, 2.75) is 31.5 Å². The molecule has 4 rings (SSSR count). The largest absolute Gasteiger partial charge is 0.483 e. The molecule has 0 radical (unpaired) electrons. The molecule has 2 fully saturated rings. The molecule has 1 aromatic carbocycles. The third-order valence-corrected chi connectivity index (χ3v) is 4.98. The Bertz CT molecular complexity index is 805. The number of para-hydroxylation sites is 1. The average molecular weight is 358 g/mol. The van der Waals surface area contributed by atoms with E-state index in [2.05, 4.69) is 15.3 Å². The molecule has 2 heterocycles. The van der Waals surface area contributed by atoms with Crippen LogP contribution >= 0.6 is 0 Å². The van der Waals surface area contributed by atoms with Gasteiger partial charge in [-0.2, -0.15) is 9.78 Å². The second-order valence-electron chi connectivity index (χ2n) is 6.80. The van der Waals surface area contributed by atoms with Crippen molar-refractivity contribution in [1.29, 1.82) is 0 Å². The van der Waals surface area contributed by atoms with Crippen LogP contribution in [0.3, 0.4) is 0 Å². The second-order valence-corrected chi connectivity index (χ2v) is 6.80. The van der Waals surface area contributed by atoms with E-state index in [-0.39, 0.29) is 17.4 Å². The number of hydrogen-bond acceptors (Lipinski definition) is 5. The van der Waals surface area contributed by atoms with Gasteiger partial charge in [0.25, 0.3) is 0 Å². The zero-order valence-corrected chi connectivity index (χ0v) is 14.6. The van der Waals surface area contributed by atoms with E-state index in [1.165, 1.54) is 4.68 Å². The van der Waals surface area contributed by atoms with Gasteiger partial charge in [-0.1, -0.05) is 18.2 Å². The molecule has 2 unspecified atom stereocenters. The molecular weight excluding hydrogens is 335 g/mol. The summed E-state index contributed by atoms with van der Waals surface area (Å²) in [5, 5.41) is 7.66. The molecule has 1 saturated carbocycles. The molecular formula is C19H23FN4O2. The quantitative estimate of drug-likeness (QED) is 0.905. The lowest BCUT2D eigenvalue weighted by molar-refractivity contribution is 0.193. The van der Waals surface area contributed by atoms with Crippen molar-refractivity contribution >= 4 is 5.69 Å². The molecule has 0 spiro atoms. The highest BCUT2D eigenvalue weighted by atomic mass is 19.1. The normalized spacial score (nSPS) is 23.2. The van der Waals surface area contributed by atoms with E-state index in [1.807, 2.05) is 30.3 Å². The minimum Gasteiger partial charge on any atom is -0.483 e. The number of nitrogens with zero attached hydrogens (tertiary/aromatic N) is 3. The number of halogens is 1. The maximum Gasteiger partial charge on any atom is 0.316 e. The van der Waals surface area contributed by atoms with Crippen LogP contribution in [-0.4, -0.2) is 48.2 Å². The predicted octanol–water partition coefficient (Wildman–Crippen LogP) is 1.91. The average Bonchev–Trinajstić information content (AvgIpc) is 3.09. The number of hydrogen-bond donors (Lipinski definition) is 1. The Morgan fingerprint density at radius 2 is 1.92 bits per heavy atom. The lowest BCUT2D eigenvalue weighted by Crippen LogP contribution is -2.44. The predicted molar refractivity (Wildman–Crippen MR) is 98.1 cm³/mol. The fraction of sp³-hybridized carbons (Fsp3) is 0.474. The lowest BCUT2D eigenvalue weighted by atomic mass is 10.2. The first-order valence-corrected chi connectivity index (χ1v) is 9.16. The summed E-state index contributed by atoms with van der Waals surface area (Å²) in [6.45, 7) is 3.25. The molecule has 1 aromatic heterocycles. The maximum atomic E-state index is 13.6. The van der Waals surface area contributed by atoms with Crippen LogP contribution in [0, 0.1) is 0 Å². The van der Waals surface area contributed by atoms with E-state index < -0.39 is 6.17 Å². The van der Waals surface area contributed by atoms with Crippen molar-refractivity contribution in [3.63, 3.8) is 0 Å². The molecule has 138 valence electrons. The summed E-state index contributed by atoms with van der Waals surface area (Å²) in [6.07, 6.45) is 2.05. The van der Waals surface area contributed by atoms with Gasteiger partial charge in [0.15, 0.2) is 0 Å². The van der Waals surface area contributed by atoms with Gasteiger partial charge < -0.3 is 15.0 Å². The summed E-state index contributed by atoms with van der Waals surface area (Å²) in [5.41, 5.74) is 1.09. The second kappa shape index (κ2) is 7.45. The van der Waals surface area contributed by atoms with Crippen LogP contribution in [0.25, 0.3) is 5.69 Å². The number of nitrogens with one attached hydrogen (secondary N) is 1. The molecule has 2 atom stereocenters. The monoisotopic (exact) mass is 358 g/mol. The van der Waals surface area contributed by atoms with Crippen LogP contribution in [0.2, 0.25) is 0 Å². The van der Waals surface area contributed by atoms with Crippen LogP contribution in [0.1, 0.15) is 19.3 Å². The standard InChI is InChI=1S/C19H23FN4O2/c20-14-6-7-16(12-14)26-18-17(23-10-8-21-9-11-23)13-22-24(19(18)25)15-4-2-1-3-5-15/h1-5,13-14,16,21H,6-12H2. The molecule has 1 aliphatic heterocycles. The minimum absolute atomic E-state index is 0.258.